The molecule has 0 amide bonds. The molecule has 0 bridgehead atoms. The molecule has 144 valence electrons. The minimum absolute atomic E-state index is 0.0735. The van der Waals surface area contributed by atoms with Crippen LogP contribution in [0.5, 0.6) is 0 Å². The van der Waals surface area contributed by atoms with Gasteiger partial charge in [-0.2, -0.15) is 0 Å². The molecule has 27 heavy (non-hydrogen) atoms. The Morgan fingerprint density at radius 1 is 1.30 bits per heavy atom. The van der Waals surface area contributed by atoms with Crippen LogP contribution in [0.2, 0.25) is 5.02 Å². The summed E-state index contributed by atoms with van der Waals surface area (Å²) in [5.74, 6) is -0.256. The lowest BCUT2D eigenvalue weighted by atomic mass is 10.1. The maximum atomic E-state index is 14.6. The quantitative estimate of drug-likeness (QED) is 0.714. The van der Waals surface area contributed by atoms with E-state index >= 15 is 0 Å². The number of aliphatic hydroxyl groups excluding tert-OH is 1. The van der Waals surface area contributed by atoms with Crippen molar-refractivity contribution in [2.45, 2.75) is 45.3 Å². The van der Waals surface area contributed by atoms with Crippen LogP contribution in [-0.2, 0) is 0 Å². The molecule has 1 aliphatic rings. The van der Waals surface area contributed by atoms with Crippen LogP contribution in [0.4, 0.5) is 15.8 Å². The summed E-state index contributed by atoms with van der Waals surface area (Å²) in [5.41, 5.74) is 3.90. The van der Waals surface area contributed by atoms with E-state index in [1.54, 1.807) is 6.07 Å². The van der Waals surface area contributed by atoms with Gasteiger partial charge in [-0.15, -0.1) is 0 Å². The molecule has 1 fully saturated rings. The summed E-state index contributed by atoms with van der Waals surface area (Å²) in [5, 5.41) is 13.9. The Kier molecular flexibility index (Phi) is 6.08. The Morgan fingerprint density at radius 3 is 2.81 bits per heavy atom. The van der Waals surface area contributed by atoms with E-state index < -0.39 is 0 Å². The number of hydrogen-bond donors (Lipinski definition) is 2. The molecule has 3 rings (SSSR count). The largest absolute Gasteiger partial charge is 0.393 e. The van der Waals surface area contributed by atoms with Crippen molar-refractivity contribution in [3.05, 3.63) is 64.9 Å². The van der Waals surface area contributed by atoms with Crippen molar-refractivity contribution in [1.29, 1.82) is 0 Å². The van der Waals surface area contributed by atoms with Crippen LogP contribution >= 0.6 is 11.6 Å². The van der Waals surface area contributed by atoms with Crippen molar-refractivity contribution in [3.8, 4) is 0 Å². The normalized spacial score (nSPS) is 20.3. The van der Waals surface area contributed by atoms with Gasteiger partial charge in [0.25, 0.3) is 0 Å². The van der Waals surface area contributed by atoms with Crippen LogP contribution in [-0.4, -0.2) is 23.8 Å². The fourth-order valence-corrected chi connectivity index (χ4v) is 3.73. The van der Waals surface area contributed by atoms with E-state index in [9.17, 15) is 9.50 Å². The average molecular weight is 389 g/mol. The number of aryl methyl sites for hydroxylation is 1. The zero-order chi connectivity index (χ0) is 19.6. The summed E-state index contributed by atoms with van der Waals surface area (Å²) in [4.78, 5) is 2.05. The van der Waals surface area contributed by atoms with Gasteiger partial charge in [-0.25, -0.2) is 4.39 Å². The highest BCUT2D eigenvalue weighted by Gasteiger charge is 2.24. The molecule has 0 saturated carbocycles. The first-order valence-electron chi connectivity index (χ1n) is 9.32. The van der Waals surface area contributed by atoms with E-state index in [4.69, 9.17) is 11.6 Å². The summed E-state index contributed by atoms with van der Waals surface area (Å²) in [6.07, 6.45) is 1.92. The van der Waals surface area contributed by atoms with Gasteiger partial charge < -0.3 is 15.3 Å². The Hall–Kier alpha value is -2.04. The lowest BCUT2D eigenvalue weighted by Gasteiger charge is -2.30. The Labute approximate surface area is 165 Å². The zero-order valence-corrected chi connectivity index (χ0v) is 16.6. The highest BCUT2D eigenvalue weighted by molar-refractivity contribution is 6.31. The van der Waals surface area contributed by atoms with Gasteiger partial charge in [0.2, 0.25) is 0 Å². The van der Waals surface area contributed by atoms with Crippen molar-refractivity contribution in [3.63, 3.8) is 0 Å². The summed E-state index contributed by atoms with van der Waals surface area (Å²) in [6, 6.07) is 10.8. The van der Waals surface area contributed by atoms with Crippen molar-refractivity contribution in [2.24, 2.45) is 0 Å². The fraction of sp³-hybridized carbons (Fsp3) is 0.364. The van der Waals surface area contributed by atoms with E-state index in [0.29, 0.717) is 22.8 Å². The van der Waals surface area contributed by atoms with Crippen LogP contribution < -0.4 is 10.2 Å². The molecule has 1 aliphatic heterocycles. The van der Waals surface area contributed by atoms with Crippen molar-refractivity contribution < 1.29 is 9.50 Å². The maximum absolute atomic E-state index is 14.6. The Balaban J connectivity index is 1.83. The van der Waals surface area contributed by atoms with E-state index in [-0.39, 0.29) is 18.0 Å². The Bertz CT molecular complexity index is 839. The molecule has 3 nitrogen and oxygen atoms in total. The van der Waals surface area contributed by atoms with Gasteiger partial charge >= 0.3 is 0 Å². The van der Waals surface area contributed by atoms with E-state index in [1.165, 1.54) is 6.07 Å². The highest BCUT2D eigenvalue weighted by Crippen LogP contribution is 2.30. The second kappa shape index (κ2) is 8.32. The van der Waals surface area contributed by atoms with E-state index in [2.05, 4.69) is 11.9 Å². The minimum Gasteiger partial charge on any atom is -0.393 e. The maximum Gasteiger partial charge on any atom is 0.146 e. The number of hydrogen-bond acceptors (Lipinski definition) is 3. The molecule has 1 saturated heterocycles. The topological polar surface area (TPSA) is 35.5 Å². The first-order chi connectivity index (χ1) is 12.8. The Morgan fingerprint density at radius 2 is 2.07 bits per heavy atom. The molecule has 0 spiro atoms. The number of aliphatic hydroxyl groups is 1. The van der Waals surface area contributed by atoms with Gasteiger partial charge in [-0.1, -0.05) is 24.2 Å². The molecule has 2 aromatic carbocycles. The lowest BCUT2D eigenvalue weighted by Crippen LogP contribution is -2.34. The van der Waals surface area contributed by atoms with Crippen LogP contribution in [0.3, 0.4) is 0 Å². The third-order valence-corrected chi connectivity index (χ3v) is 5.56. The van der Waals surface area contributed by atoms with Crippen LogP contribution in [0, 0.1) is 12.7 Å². The number of nitrogens with one attached hydrogen (secondary N) is 1. The standard InChI is InChI=1S/C22H26ClFN2O/c1-14-6-8-18(13-20(14)23)25-16(3)17-7-9-21(24)22(12-17)26-10-4-5-19(27)11-15(26)2/h6-9,12-13,15,19,25,27H,3-5,10-11H2,1-2H3. The molecule has 2 unspecified atom stereocenters. The third-order valence-electron chi connectivity index (χ3n) is 5.15. The van der Waals surface area contributed by atoms with Gasteiger partial charge in [0.05, 0.1) is 11.8 Å². The molecular formula is C22H26ClFN2O. The number of halogens is 2. The number of anilines is 2. The number of benzene rings is 2. The summed E-state index contributed by atoms with van der Waals surface area (Å²) >= 11 is 6.19. The highest BCUT2D eigenvalue weighted by atomic mass is 35.5. The van der Waals surface area contributed by atoms with Gasteiger partial charge in [0, 0.05) is 29.0 Å². The van der Waals surface area contributed by atoms with Crippen LogP contribution in [0.15, 0.2) is 43.0 Å². The minimum atomic E-state index is -0.320. The predicted molar refractivity (Wildman–Crippen MR) is 112 cm³/mol. The first kappa shape index (κ1) is 19.7. The lowest BCUT2D eigenvalue weighted by molar-refractivity contribution is 0.154. The SMILES string of the molecule is C=C(Nc1ccc(C)c(Cl)c1)c1ccc(F)c(N2CCCC(O)CC2C)c1. The predicted octanol–water partition coefficient (Wildman–Crippen LogP) is 5.61. The average Bonchev–Trinajstić information content (AvgIpc) is 2.78. The van der Waals surface area contributed by atoms with Gasteiger partial charge in [-0.3, -0.25) is 0 Å². The molecule has 2 atom stereocenters. The summed E-state index contributed by atoms with van der Waals surface area (Å²) < 4.78 is 14.6. The molecule has 0 aromatic heterocycles. The number of nitrogens with zero attached hydrogens (tertiary/aromatic N) is 1. The molecule has 1 heterocycles. The fourth-order valence-electron chi connectivity index (χ4n) is 3.55. The van der Waals surface area contributed by atoms with Crippen LogP contribution in [0.1, 0.15) is 37.3 Å². The van der Waals surface area contributed by atoms with Crippen molar-refractivity contribution in [1.82, 2.24) is 0 Å². The smallest absolute Gasteiger partial charge is 0.146 e. The van der Waals surface area contributed by atoms with E-state index in [0.717, 1.165) is 36.2 Å². The zero-order valence-electron chi connectivity index (χ0n) is 15.8. The number of rotatable bonds is 4. The molecule has 2 N–H and O–H groups in total. The van der Waals surface area contributed by atoms with Crippen molar-refractivity contribution >= 4 is 28.7 Å². The summed E-state index contributed by atoms with van der Waals surface area (Å²) in [7, 11) is 0. The molecule has 0 aliphatic carbocycles. The first-order valence-corrected chi connectivity index (χ1v) is 9.69. The van der Waals surface area contributed by atoms with Gasteiger partial charge in [-0.05, 0) is 74.6 Å². The second-order valence-corrected chi connectivity index (χ2v) is 7.72. The van der Waals surface area contributed by atoms with Crippen LogP contribution in [0.25, 0.3) is 5.70 Å². The molecule has 2 aromatic rings. The molecule has 0 radical (unpaired) electrons. The monoisotopic (exact) mass is 388 g/mol. The van der Waals surface area contributed by atoms with E-state index in [1.807, 2.05) is 43.0 Å². The third kappa shape index (κ3) is 4.63. The molecular weight excluding hydrogens is 363 g/mol. The second-order valence-electron chi connectivity index (χ2n) is 7.31. The summed E-state index contributed by atoms with van der Waals surface area (Å²) in [6.45, 7) is 8.81. The van der Waals surface area contributed by atoms with Crippen molar-refractivity contribution in [2.75, 3.05) is 16.8 Å². The molecule has 5 heteroatoms. The van der Waals surface area contributed by atoms with Gasteiger partial charge in [0.1, 0.15) is 5.82 Å². The van der Waals surface area contributed by atoms with Gasteiger partial charge in [0.15, 0.2) is 0 Å².